The molecule has 0 aliphatic carbocycles. The number of amides is 1. The number of rotatable bonds is 2. The highest BCUT2D eigenvalue weighted by molar-refractivity contribution is 7.07. The Morgan fingerprint density at radius 1 is 1.69 bits per heavy atom. The third kappa shape index (κ3) is 1.68. The summed E-state index contributed by atoms with van der Waals surface area (Å²) in [5, 5.41) is 9.75. The maximum absolute atomic E-state index is 11.5. The van der Waals surface area contributed by atoms with Crippen molar-refractivity contribution < 1.29 is 4.79 Å². The lowest BCUT2D eigenvalue weighted by Gasteiger charge is -2.27. The molecular weight excluding hydrogens is 188 g/mol. The van der Waals surface area contributed by atoms with Gasteiger partial charge in [0.1, 0.15) is 4.88 Å². The van der Waals surface area contributed by atoms with Crippen LogP contribution in [0.1, 0.15) is 15.4 Å². The van der Waals surface area contributed by atoms with E-state index in [0.29, 0.717) is 10.6 Å². The van der Waals surface area contributed by atoms with Crippen molar-refractivity contribution in [2.75, 3.05) is 13.1 Å². The molecule has 0 spiro atoms. The van der Waals surface area contributed by atoms with Gasteiger partial charge < -0.3 is 10.6 Å². The zero-order chi connectivity index (χ0) is 9.26. The first-order valence-corrected chi connectivity index (χ1v) is 4.85. The van der Waals surface area contributed by atoms with Crippen molar-refractivity contribution in [2.24, 2.45) is 0 Å². The Kier molecular flexibility index (Phi) is 2.24. The standard InChI is InChI=1S/C7H10N4OS/c1-4-6(13-11-10-4)7(12)9-5-2-8-3-5/h5,8H,2-3H2,1H3,(H,9,12). The first-order valence-electron chi connectivity index (χ1n) is 4.08. The van der Waals surface area contributed by atoms with Crippen molar-refractivity contribution in [2.45, 2.75) is 13.0 Å². The second-order valence-electron chi connectivity index (χ2n) is 3.02. The average molecular weight is 198 g/mol. The van der Waals surface area contributed by atoms with Crippen LogP contribution in [0.2, 0.25) is 0 Å². The van der Waals surface area contributed by atoms with Crippen LogP contribution in [0.15, 0.2) is 0 Å². The average Bonchev–Trinajstić information content (AvgIpc) is 2.43. The van der Waals surface area contributed by atoms with E-state index in [2.05, 4.69) is 20.2 Å². The Morgan fingerprint density at radius 3 is 2.92 bits per heavy atom. The van der Waals surface area contributed by atoms with Gasteiger partial charge in [-0.1, -0.05) is 4.49 Å². The fraction of sp³-hybridized carbons (Fsp3) is 0.571. The van der Waals surface area contributed by atoms with Crippen LogP contribution in [-0.4, -0.2) is 34.6 Å². The largest absolute Gasteiger partial charge is 0.346 e. The van der Waals surface area contributed by atoms with Gasteiger partial charge in [-0.3, -0.25) is 4.79 Å². The maximum Gasteiger partial charge on any atom is 0.265 e. The minimum Gasteiger partial charge on any atom is -0.346 e. The first-order chi connectivity index (χ1) is 6.27. The molecule has 0 atom stereocenters. The van der Waals surface area contributed by atoms with Gasteiger partial charge in [-0.05, 0) is 18.5 Å². The van der Waals surface area contributed by atoms with Gasteiger partial charge in [0.15, 0.2) is 0 Å². The lowest BCUT2D eigenvalue weighted by Crippen LogP contribution is -2.56. The van der Waals surface area contributed by atoms with Gasteiger partial charge >= 0.3 is 0 Å². The summed E-state index contributed by atoms with van der Waals surface area (Å²) in [4.78, 5) is 12.1. The van der Waals surface area contributed by atoms with Crippen molar-refractivity contribution >= 4 is 17.4 Å². The predicted molar refractivity (Wildman–Crippen MR) is 48.8 cm³/mol. The van der Waals surface area contributed by atoms with Crippen molar-refractivity contribution in [3.63, 3.8) is 0 Å². The smallest absolute Gasteiger partial charge is 0.265 e. The molecule has 1 saturated heterocycles. The van der Waals surface area contributed by atoms with E-state index in [1.165, 1.54) is 0 Å². The van der Waals surface area contributed by atoms with E-state index >= 15 is 0 Å². The van der Waals surface area contributed by atoms with Gasteiger partial charge in [0.05, 0.1) is 11.7 Å². The molecular formula is C7H10N4OS. The van der Waals surface area contributed by atoms with Crippen LogP contribution in [0.4, 0.5) is 0 Å². The molecule has 1 aliphatic heterocycles. The fourth-order valence-corrected chi connectivity index (χ4v) is 1.64. The molecule has 0 unspecified atom stereocenters. The first kappa shape index (κ1) is 8.58. The van der Waals surface area contributed by atoms with Crippen molar-refractivity contribution in [1.82, 2.24) is 20.2 Å². The molecule has 0 radical (unpaired) electrons. The van der Waals surface area contributed by atoms with Crippen LogP contribution >= 0.6 is 11.5 Å². The number of hydrogen-bond donors (Lipinski definition) is 2. The van der Waals surface area contributed by atoms with E-state index in [4.69, 9.17) is 0 Å². The molecule has 2 N–H and O–H groups in total. The van der Waals surface area contributed by atoms with E-state index in [1.807, 2.05) is 0 Å². The highest BCUT2D eigenvalue weighted by Crippen LogP contribution is 2.09. The Balaban J connectivity index is 2.00. The van der Waals surface area contributed by atoms with Gasteiger partial charge in [-0.2, -0.15) is 0 Å². The minimum absolute atomic E-state index is 0.0565. The molecule has 0 bridgehead atoms. The van der Waals surface area contributed by atoms with Crippen molar-refractivity contribution in [3.8, 4) is 0 Å². The summed E-state index contributed by atoms with van der Waals surface area (Å²) in [7, 11) is 0. The number of hydrogen-bond acceptors (Lipinski definition) is 5. The van der Waals surface area contributed by atoms with Crippen LogP contribution in [0, 0.1) is 6.92 Å². The normalized spacial score (nSPS) is 16.7. The summed E-state index contributed by atoms with van der Waals surface area (Å²) in [6.45, 7) is 3.51. The maximum atomic E-state index is 11.5. The number of nitrogens with one attached hydrogen (secondary N) is 2. The summed E-state index contributed by atoms with van der Waals surface area (Å²) in [5.74, 6) is -0.0565. The highest BCUT2D eigenvalue weighted by atomic mass is 32.1. The van der Waals surface area contributed by atoms with Crippen LogP contribution < -0.4 is 10.6 Å². The minimum atomic E-state index is -0.0565. The molecule has 70 valence electrons. The predicted octanol–water partition coefficient (Wildman–Crippen LogP) is -0.452. The SMILES string of the molecule is Cc1nnsc1C(=O)NC1CNC1. The number of carbonyl (C=O) groups excluding carboxylic acids is 1. The molecule has 1 aliphatic rings. The van der Waals surface area contributed by atoms with Crippen molar-refractivity contribution in [3.05, 3.63) is 10.6 Å². The second-order valence-corrected chi connectivity index (χ2v) is 3.77. The quantitative estimate of drug-likeness (QED) is 0.675. The fourth-order valence-electron chi connectivity index (χ4n) is 1.08. The molecule has 0 aromatic carbocycles. The highest BCUT2D eigenvalue weighted by Gasteiger charge is 2.21. The van der Waals surface area contributed by atoms with Gasteiger partial charge in [0.25, 0.3) is 5.91 Å². The molecule has 5 nitrogen and oxygen atoms in total. The lowest BCUT2D eigenvalue weighted by atomic mass is 10.2. The number of aromatic nitrogens is 2. The number of nitrogens with zero attached hydrogens (tertiary/aromatic N) is 2. The Labute approximate surface area is 79.7 Å². The molecule has 1 fully saturated rings. The second kappa shape index (κ2) is 3.39. The summed E-state index contributed by atoms with van der Waals surface area (Å²) < 4.78 is 3.71. The summed E-state index contributed by atoms with van der Waals surface area (Å²) >= 11 is 1.14. The van der Waals surface area contributed by atoms with Crippen LogP contribution in [0.25, 0.3) is 0 Å². The third-order valence-corrected chi connectivity index (χ3v) is 2.80. The van der Waals surface area contributed by atoms with Crippen molar-refractivity contribution in [1.29, 1.82) is 0 Å². The summed E-state index contributed by atoms with van der Waals surface area (Å²) in [6.07, 6.45) is 0. The van der Waals surface area contributed by atoms with Crippen LogP contribution in [0.3, 0.4) is 0 Å². The monoisotopic (exact) mass is 198 g/mol. The topological polar surface area (TPSA) is 66.9 Å². The molecule has 2 rings (SSSR count). The number of carbonyl (C=O) groups is 1. The third-order valence-electron chi connectivity index (χ3n) is 1.97. The Morgan fingerprint density at radius 2 is 2.46 bits per heavy atom. The Hall–Kier alpha value is -1.01. The molecule has 13 heavy (non-hydrogen) atoms. The van der Waals surface area contributed by atoms with E-state index in [0.717, 1.165) is 24.6 Å². The summed E-state index contributed by atoms with van der Waals surface area (Å²) in [5.41, 5.74) is 0.704. The molecule has 1 aromatic rings. The lowest BCUT2D eigenvalue weighted by molar-refractivity contribution is 0.0927. The van der Waals surface area contributed by atoms with Gasteiger partial charge in [-0.25, -0.2) is 0 Å². The van der Waals surface area contributed by atoms with E-state index in [9.17, 15) is 4.79 Å². The molecule has 1 aromatic heterocycles. The molecule has 1 amide bonds. The molecule has 2 heterocycles. The number of aryl methyl sites for hydroxylation is 1. The van der Waals surface area contributed by atoms with Crippen LogP contribution in [-0.2, 0) is 0 Å². The van der Waals surface area contributed by atoms with E-state index < -0.39 is 0 Å². The van der Waals surface area contributed by atoms with E-state index in [-0.39, 0.29) is 11.9 Å². The zero-order valence-corrected chi connectivity index (χ0v) is 8.02. The van der Waals surface area contributed by atoms with Gasteiger partial charge in [0, 0.05) is 13.1 Å². The van der Waals surface area contributed by atoms with Gasteiger partial charge in [0.2, 0.25) is 0 Å². The molecule has 0 saturated carbocycles. The zero-order valence-electron chi connectivity index (χ0n) is 7.20. The van der Waals surface area contributed by atoms with Gasteiger partial charge in [-0.15, -0.1) is 5.10 Å². The van der Waals surface area contributed by atoms with E-state index in [1.54, 1.807) is 6.92 Å². The molecule has 6 heteroatoms. The summed E-state index contributed by atoms with van der Waals surface area (Å²) in [6, 6.07) is 0.272. The van der Waals surface area contributed by atoms with Crippen LogP contribution in [0.5, 0.6) is 0 Å². The Bertz CT molecular complexity index is 320.